The van der Waals surface area contributed by atoms with Crippen LogP contribution in [0.1, 0.15) is 133 Å². The molecule has 2 bridgehead atoms. The van der Waals surface area contributed by atoms with Crippen molar-refractivity contribution >= 4 is 57.9 Å². The molecule has 9 aliphatic rings. The number of aromatic nitrogens is 4. The van der Waals surface area contributed by atoms with Crippen LogP contribution in [0.5, 0.6) is 0 Å². The maximum absolute atomic E-state index is 15.3. The number of benzene rings is 1. The van der Waals surface area contributed by atoms with Crippen molar-refractivity contribution < 1.29 is 24.0 Å². The van der Waals surface area contributed by atoms with Crippen LogP contribution in [0.3, 0.4) is 0 Å². The number of piperidine rings is 5. The van der Waals surface area contributed by atoms with E-state index in [0.29, 0.717) is 63.8 Å². The molecule has 3 aromatic heterocycles. The molecule has 8 fully saturated rings. The Morgan fingerprint density at radius 1 is 0.806 bits per heavy atom. The van der Waals surface area contributed by atoms with Crippen molar-refractivity contribution in [2.24, 2.45) is 17.8 Å². The minimum Gasteiger partial charge on any atom is -0.366 e. The van der Waals surface area contributed by atoms with Gasteiger partial charge in [-0.3, -0.25) is 29.3 Å². The fourth-order valence-corrected chi connectivity index (χ4v) is 14.3. The lowest BCUT2D eigenvalue weighted by Crippen LogP contribution is -2.58. The van der Waals surface area contributed by atoms with Crippen molar-refractivity contribution in [1.29, 1.82) is 0 Å². The first-order valence-corrected chi connectivity index (χ1v) is 27.5. The quantitative estimate of drug-likeness (QED) is 0.166. The number of amides is 5. The number of hydrogen-bond acceptors (Lipinski definition) is 11. The molecule has 3 aliphatic carbocycles. The van der Waals surface area contributed by atoms with Gasteiger partial charge in [0, 0.05) is 98.6 Å². The fourth-order valence-electron chi connectivity index (χ4n) is 14.3. The first kappa shape index (κ1) is 45.9. The number of anilines is 3. The van der Waals surface area contributed by atoms with Gasteiger partial charge in [0.1, 0.15) is 11.3 Å². The SMILES string of the molecule is CC(C)n1cnc2cc(-c3ccc4c(c3)N([C@H]3C[C@@H](N5CCCCC5)C3)C(=O)C43CCN(C(=O)[C@@H]4C[C@@H]5C[C@H]4CN5C(=O)C4CCN(c5ccc(C6CCC(=O)NC6=O)cn5)CC4)CC3)nc(NC3CC3)c21. The lowest BCUT2D eigenvalue weighted by atomic mass is 9.73. The Kier molecular flexibility index (Phi) is 11.4. The molecule has 4 aromatic rings. The summed E-state index contributed by atoms with van der Waals surface area (Å²) in [7, 11) is 0. The van der Waals surface area contributed by atoms with E-state index in [1.165, 1.54) is 19.3 Å². The van der Waals surface area contributed by atoms with Gasteiger partial charge in [0.2, 0.25) is 29.5 Å². The molecular weight excluding hydrogens is 907 g/mol. The van der Waals surface area contributed by atoms with Crippen LogP contribution < -0.4 is 20.4 Å². The van der Waals surface area contributed by atoms with Gasteiger partial charge in [0.05, 0.1) is 28.9 Å². The number of nitrogens with one attached hydrogen (secondary N) is 2. The molecule has 1 spiro atoms. The molecule has 3 saturated carbocycles. The molecule has 16 nitrogen and oxygen atoms in total. The van der Waals surface area contributed by atoms with Crippen LogP contribution >= 0.6 is 0 Å². The van der Waals surface area contributed by atoms with E-state index >= 15 is 4.79 Å². The molecule has 16 heteroatoms. The zero-order valence-corrected chi connectivity index (χ0v) is 41.9. The van der Waals surface area contributed by atoms with Crippen LogP contribution in [0, 0.1) is 17.8 Å². The van der Waals surface area contributed by atoms with Crippen LogP contribution in [0.2, 0.25) is 0 Å². The maximum atomic E-state index is 15.3. The molecule has 13 rings (SSSR count). The van der Waals surface area contributed by atoms with Crippen LogP contribution in [0.25, 0.3) is 22.3 Å². The van der Waals surface area contributed by atoms with Gasteiger partial charge in [-0.25, -0.2) is 15.0 Å². The average Bonchev–Trinajstić information content (AvgIpc) is 3.65. The average molecular weight is 976 g/mol. The Hall–Kier alpha value is -5.90. The number of hydrogen-bond donors (Lipinski definition) is 2. The molecule has 2 N–H and O–H groups in total. The van der Waals surface area contributed by atoms with E-state index in [4.69, 9.17) is 9.97 Å². The number of pyridine rings is 2. The Bertz CT molecular complexity index is 2810. The third-order valence-electron chi connectivity index (χ3n) is 18.7. The summed E-state index contributed by atoms with van der Waals surface area (Å²) in [6.45, 7) is 9.86. The monoisotopic (exact) mass is 976 g/mol. The molecule has 6 aliphatic heterocycles. The minimum absolute atomic E-state index is 0.0508. The van der Waals surface area contributed by atoms with E-state index in [1.54, 1.807) is 6.20 Å². The normalized spacial score (nSPS) is 28.6. The predicted octanol–water partition coefficient (Wildman–Crippen LogP) is 6.55. The first-order chi connectivity index (χ1) is 35.0. The van der Waals surface area contributed by atoms with Crippen LogP contribution in [-0.4, -0.2) is 134 Å². The molecule has 1 aromatic carbocycles. The molecule has 0 radical (unpaired) electrons. The van der Waals surface area contributed by atoms with Gasteiger partial charge in [-0.1, -0.05) is 24.6 Å². The van der Waals surface area contributed by atoms with Crippen molar-refractivity contribution in [3.8, 4) is 11.3 Å². The lowest BCUT2D eigenvalue weighted by Gasteiger charge is -2.48. The summed E-state index contributed by atoms with van der Waals surface area (Å²) in [5, 5.41) is 6.14. The van der Waals surface area contributed by atoms with Gasteiger partial charge in [-0.05, 0) is 146 Å². The van der Waals surface area contributed by atoms with Crippen molar-refractivity contribution in [1.82, 2.24) is 39.5 Å². The number of imide groups is 1. The van der Waals surface area contributed by atoms with Crippen molar-refractivity contribution in [2.45, 2.75) is 152 Å². The van der Waals surface area contributed by atoms with E-state index in [9.17, 15) is 19.2 Å². The standard InChI is InChI=1S/C56H69N11O5/c1-33(2)66-32-58-46-29-45(60-51(50(46)66)59-38-8-9-38)35-6-11-44-47(25-35)67(41-26-39(27-41)62-18-4-3-5-19-62)55(72)56(44)16-22-64(23-17-56)54(71)43-28-40-24-37(43)31-65(40)53(70)34-14-20-63(21-15-34)48-12-7-36(30-57-48)42-10-13-49(68)61-52(42)69/h6-7,11-12,25,29-30,32-34,37-43H,3-5,8-10,13-24,26-28,31H2,1-2H3,(H,59,60)(H,61,68,69)/t37-,39-,40-,41+,42?,43+/m0/s1. The summed E-state index contributed by atoms with van der Waals surface area (Å²) in [6.07, 6.45) is 16.9. The van der Waals surface area contributed by atoms with Crippen molar-refractivity contribution in [3.05, 3.63) is 60.0 Å². The lowest BCUT2D eigenvalue weighted by molar-refractivity contribution is -0.145. The molecule has 5 amide bonds. The first-order valence-electron chi connectivity index (χ1n) is 27.5. The Balaban J connectivity index is 0.672. The van der Waals surface area contributed by atoms with Gasteiger partial charge in [0.25, 0.3) is 0 Å². The summed E-state index contributed by atoms with van der Waals surface area (Å²) < 4.78 is 2.20. The molecule has 72 heavy (non-hydrogen) atoms. The second kappa shape index (κ2) is 17.9. The van der Waals surface area contributed by atoms with E-state index in [-0.39, 0.29) is 71.3 Å². The largest absolute Gasteiger partial charge is 0.366 e. The summed E-state index contributed by atoms with van der Waals surface area (Å²) in [5.74, 6) is 1.51. The minimum atomic E-state index is -0.671. The molecule has 9 heterocycles. The molecule has 4 atom stereocenters. The van der Waals surface area contributed by atoms with Crippen molar-refractivity contribution in [3.63, 3.8) is 0 Å². The highest BCUT2D eigenvalue weighted by Gasteiger charge is 2.57. The van der Waals surface area contributed by atoms with E-state index in [2.05, 4.69) is 77.9 Å². The summed E-state index contributed by atoms with van der Waals surface area (Å²) in [6, 6.07) is 14.0. The maximum Gasteiger partial charge on any atom is 0.238 e. The molecular formula is C56H69N11O5. The summed E-state index contributed by atoms with van der Waals surface area (Å²) >= 11 is 0. The summed E-state index contributed by atoms with van der Waals surface area (Å²) in [5.41, 5.74) is 6.07. The number of nitrogens with zero attached hydrogens (tertiary/aromatic N) is 9. The number of likely N-dealkylation sites (tertiary alicyclic amines) is 3. The van der Waals surface area contributed by atoms with E-state index in [0.717, 1.165) is 122 Å². The Labute approximate surface area is 421 Å². The second-order valence-electron chi connectivity index (χ2n) is 23.3. The smallest absolute Gasteiger partial charge is 0.238 e. The molecule has 5 saturated heterocycles. The van der Waals surface area contributed by atoms with Gasteiger partial charge in [-0.2, -0.15) is 0 Å². The number of rotatable bonds is 10. The zero-order chi connectivity index (χ0) is 49.0. The highest BCUT2D eigenvalue weighted by molar-refractivity contribution is 6.09. The predicted molar refractivity (Wildman–Crippen MR) is 273 cm³/mol. The van der Waals surface area contributed by atoms with E-state index < -0.39 is 5.41 Å². The topological polar surface area (TPSA) is 169 Å². The highest BCUT2D eigenvalue weighted by Crippen LogP contribution is 2.53. The molecule has 1 unspecified atom stereocenters. The molecule has 378 valence electrons. The van der Waals surface area contributed by atoms with E-state index in [1.807, 2.05) is 23.4 Å². The van der Waals surface area contributed by atoms with Gasteiger partial charge >= 0.3 is 0 Å². The van der Waals surface area contributed by atoms with Crippen molar-refractivity contribution in [2.75, 3.05) is 60.9 Å². The number of carbonyl (C=O) groups excluding carboxylic acids is 5. The number of carbonyl (C=O) groups is 5. The third-order valence-corrected chi connectivity index (χ3v) is 18.7. The Morgan fingerprint density at radius 3 is 2.29 bits per heavy atom. The highest BCUT2D eigenvalue weighted by atomic mass is 16.2. The van der Waals surface area contributed by atoms with Gasteiger partial charge < -0.3 is 34.4 Å². The number of imidazole rings is 1. The van der Waals surface area contributed by atoms with Crippen LogP contribution in [0.15, 0.2) is 48.9 Å². The zero-order valence-electron chi connectivity index (χ0n) is 41.9. The summed E-state index contributed by atoms with van der Waals surface area (Å²) in [4.78, 5) is 93.9. The second-order valence-corrected chi connectivity index (χ2v) is 23.3. The Morgan fingerprint density at radius 2 is 1.60 bits per heavy atom. The van der Waals surface area contributed by atoms with Gasteiger partial charge in [-0.15, -0.1) is 0 Å². The fraction of sp³-hybridized carbons (Fsp3) is 0.607. The number of fused-ring (bicyclic) bond motifs is 5. The van der Waals surface area contributed by atoms with Crippen LogP contribution in [-0.2, 0) is 29.4 Å². The van der Waals surface area contributed by atoms with Gasteiger partial charge in [0.15, 0.2) is 5.82 Å². The van der Waals surface area contributed by atoms with Crippen LogP contribution in [0.4, 0.5) is 17.3 Å². The third kappa shape index (κ3) is 7.87.